The first-order valence-electron chi connectivity index (χ1n) is 9.07. The van der Waals surface area contributed by atoms with E-state index in [2.05, 4.69) is 0 Å². The van der Waals surface area contributed by atoms with Gasteiger partial charge in [0, 0.05) is 30.8 Å². The summed E-state index contributed by atoms with van der Waals surface area (Å²) in [5, 5.41) is 0.609. The monoisotopic (exact) mass is 400 g/mol. The molecule has 2 amide bonds. The highest BCUT2D eigenvalue weighted by Gasteiger charge is 2.54. The summed E-state index contributed by atoms with van der Waals surface area (Å²) in [7, 11) is 3.38. The van der Waals surface area contributed by atoms with Crippen LogP contribution in [0.15, 0.2) is 42.5 Å². The number of rotatable bonds is 4. The summed E-state index contributed by atoms with van der Waals surface area (Å²) in [6, 6.07) is 12.5. The van der Waals surface area contributed by atoms with Crippen molar-refractivity contribution in [2.45, 2.75) is 11.8 Å². The zero-order valence-corrected chi connectivity index (χ0v) is 16.5. The summed E-state index contributed by atoms with van der Waals surface area (Å²) >= 11 is 5.86. The molecule has 1 atom stereocenters. The Bertz CT molecular complexity index is 931. The number of likely N-dealkylation sites (tertiary alicyclic amines) is 1. The summed E-state index contributed by atoms with van der Waals surface area (Å²) in [6.07, 6.45) is 0.586. The summed E-state index contributed by atoms with van der Waals surface area (Å²) in [4.78, 5) is 29.1. The molecule has 0 saturated carbocycles. The molecule has 7 heteroatoms. The molecule has 2 aromatic carbocycles. The lowest BCUT2D eigenvalue weighted by molar-refractivity contribution is -0.132. The second kappa shape index (κ2) is 7.02. The minimum absolute atomic E-state index is 0.0182. The second-order valence-electron chi connectivity index (χ2n) is 7.14. The number of halogens is 1. The molecule has 0 radical (unpaired) electrons. The smallest absolute Gasteiger partial charge is 0.260 e. The van der Waals surface area contributed by atoms with Crippen molar-refractivity contribution in [1.29, 1.82) is 0 Å². The molecule has 0 N–H and O–H groups in total. The van der Waals surface area contributed by atoms with Gasteiger partial charge < -0.3 is 19.3 Å². The van der Waals surface area contributed by atoms with E-state index in [1.807, 2.05) is 18.2 Å². The molecule has 2 heterocycles. The third-order valence-corrected chi connectivity index (χ3v) is 5.84. The predicted molar refractivity (Wildman–Crippen MR) is 106 cm³/mol. The number of fused-ring (bicyclic) bond motifs is 2. The van der Waals surface area contributed by atoms with Crippen LogP contribution in [-0.2, 0) is 15.0 Å². The van der Waals surface area contributed by atoms with E-state index < -0.39 is 5.41 Å². The first kappa shape index (κ1) is 18.6. The first-order chi connectivity index (χ1) is 13.4. The Labute approximate surface area is 168 Å². The van der Waals surface area contributed by atoms with Gasteiger partial charge in [0.25, 0.3) is 5.91 Å². The lowest BCUT2D eigenvalue weighted by atomic mass is 9.81. The van der Waals surface area contributed by atoms with Gasteiger partial charge in [-0.1, -0.05) is 11.6 Å². The van der Waals surface area contributed by atoms with Gasteiger partial charge in [-0.2, -0.15) is 0 Å². The normalized spacial score (nSPS) is 20.6. The number of carbonyl (C=O) groups excluding carboxylic acids is 2. The standard InChI is InChI=1S/C21H21ClN2O4/c1-23-18-8-7-16(27-2)11-17(18)21(20(23)26)9-10-24(13-21)19(25)12-28-15-5-3-14(22)4-6-15/h3-8,11H,9-10,12-13H2,1-2H3. The van der Waals surface area contributed by atoms with E-state index >= 15 is 0 Å². The Balaban J connectivity index is 1.51. The largest absolute Gasteiger partial charge is 0.497 e. The molecule has 2 aliphatic rings. The van der Waals surface area contributed by atoms with Crippen LogP contribution in [0.2, 0.25) is 5.02 Å². The van der Waals surface area contributed by atoms with Gasteiger partial charge in [0.1, 0.15) is 11.5 Å². The van der Waals surface area contributed by atoms with Gasteiger partial charge in [0.05, 0.1) is 12.5 Å². The molecule has 0 bridgehead atoms. The molecule has 28 heavy (non-hydrogen) atoms. The van der Waals surface area contributed by atoms with Crippen LogP contribution in [0.4, 0.5) is 5.69 Å². The SMILES string of the molecule is COc1ccc2c(c1)C1(CCN(C(=O)COc3ccc(Cl)cc3)C1)C(=O)N2C. The number of methoxy groups -OCH3 is 1. The van der Waals surface area contributed by atoms with Crippen molar-refractivity contribution in [2.24, 2.45) is 0 Å². The molecule has 1 fully saturated rings. The number of carbonyl (C=O) groups is 2. The molecule has 2 aromatic rings. The van der Waals surface area contributed by atoms with Gasteiger partial charge >= 0.3 is 0 Å². The van der Waals surface area contributed by atoms with Crippen molar-refractivity contribution in [3.05, 3.63) is 53.1 Å². The molecular weight excluding hydrogens is 380 g/mol. The highest BCUT2D eigenvalue weighted by atomic mass is 35.5. The highest BCUT2D eigenvalue weighted by molar-refractivity contribution is 6.30. The quantitative estimate of drug-likeness (QED) is 0.791. The molecule has 1 unspecified atom stereocenters. The lowest BCUT2D eigenvalue weighted by Crippen LogP contribution is -2.42. The van der Waals surface area contributed by atoms with Crippen LogP contribution in [0.3, 0.4) is 0 Å². The average Bonchev–Trinajstić information content (AvgIpc) is 3.25. The molecule has 4 rings (SSSR count). The Kier molecular flexibility index (Phi) is 4.67. The van der Waals surface area contributed by atoms with Gasteiger partial charge in [-0.15, -0.1) is 0 Å². The highest BCUT2D eigenvalue weighted by Crippen LogP contribution is 2.47. The van der Waals surface area contributed by atoms with E-state index in [-0.39, 0.29) is 18.4 Å². The van der Waals surface area contributed by atoms with E-state index in [1.165, 1.54) is 0 Å². The van der Waals surface area contributed by atoms with Crippen molar-refractivity contribution in [3.63, 3.8) is 0 Å². The Hall–Kier alpha value is -2.73. The summed E-state index contributed by atoms with van der Waals surface area (Å²) in [6.45, 7) is 0.783. The molecule has 0 aliphatic carbocycles. The van der Waals surface area contributed by atoms with Crippen LogP contribution in [-0.4, -0.2) is 50.6 Å². The van der Waals surface area contributed by atoms with Crippen molar-refractivity contribution < 1.29 is 19.1 Å². The van der Waals surface area contributed by atoms with E-state index in [1.54, 1.807) is 48.2 Å². The predicted octanol–water partition coefficient (Wildman–Crippen LogP) is 2.87. The average molecular weight is 401 g/mol. The van der Waals surface area contributed by atoms with Gasteiger partial charge in [-0.05, 0) is 54.4 Å². The van der Waals surface area contributed by atoms with Gasteiger partial charge in [0.2, 0.25) is 5.91 Å². The van der Waals surface area contributed by atoms with E-state index in [4.69, 9.17) is 21.1 Å². The molecule has 6 nitrogen and oxygen atoms in total. The fourth-order valence-corrected chi connectivity index (χ4v) is 4.17. The van der Waals surface area contributed by atoms with Crippen LogP contribution >= 0.6 is 11.6 Å². The second-order valence-corrected chi connectivity index (χ2v) is 7.57. The fraction of sp³-hybridized carbons (Fsp3) is 0.333. The maximum Gasteiger partial charge on any atom is 0.260 e. The van der Waals surface area contributed by atoms with E-state index in [0.717, 1.165) is 11.3 Å². The van der Waals surface area contributed by atoms with E-state index in [9.17, 15) is 9.59 Å². The van der Waals surface area contributed by atoms with Crippen molar-refractivity contribution in [1.82, 2.24) is 4.90 Å². The Morgan fingerprint density at radius 1 is 1.18 bits per heavy atom. The first-order valence-corrected chi connectivity index (χ1v) is 9.45. The van der Waals surface area contributed by atoms with Gasteiger partial charge in [-0.3, -0.25) is 9.59 Å². The van der Waals surface area contributed by atoms with Gasteiger partial charge in [0.15, 0.2) is 6.61 Å². The van der Waals surface area contributed by atoms with Gasteiger partial charge in [-0.25, -0.2) is 0 Å². The topological polar surface area (TPSA) is 59.1 Å². The molecule has 0 aromatic heterocycles. The third-order valence-electron chi connectivity index (χ3n) is 5.59. The zero-order valence-electron chi connectivity index (χ0n) is 15.8. The number of amides is 2. The van der Waals surface area contributed by atoms with Crippen LogP contribution in [0.5, 0.6) is 11.5 Å². The summed E-state index contributed by atoms with van der Waals surface area (Å²) < 4.78 is 10.9. The minimum atomic E-state index is -0.714. The number of likely N-dealkylation sites (N-methyl/N-ethyl adjacent to an activating group) is 1. The maximum atomic E-state index is 13.1. The molecule has 1 spiro atoms. The molecule has 2 aliphatic heterocycles. The number of hydrogen-bond donors (Lipinski definition) is 0. The number of anilines is 1. The number of nitrogens with zero attached hydrogens (tertiary/aromatic N) is 2. The molecule has 146 valence electrons. The molecule has 1 saturated heterocycles. The molecular formula is C21H21ClN2O4. The number of hydrogen-bond acceptors (Lipinski definition) is 4. The van der Waals surface area contributed by atoms with Crippen molar-refractivity contribution >= 4 is 29.1 Å². The van der Waals surface area contributed by atoms with Crippen molar-refractivity contribution in [3.8, 4) is 11.5 Å². The fourth-order valence-electron chi connectivity index (χ4n) is 4.05. The summed E-state index contributed by atoms with van der Waals surface area (Å²) in [5.74, 6) is 1.17. The van der Waals surface area contributed by atoms with Crippen LogP contribution < -0.4 is 14.4 Å². The third kappa shape index (κ3) is 2.98. The minimum Gasteiger partial charge on any atom is -0.497 e. The number of ether oxygens (including phenoxy) is 2. The van der Waals surface area contributed by atoms with Crippen LogP contribution in [0.1, 0.15) is 12.0 Å². The maximum absolute atomic E-state index is 13.1. The Morgan fingerprint density at radius 2 is 1.89 bits per heavy atom. The Morgan fingerprint density at radius 3 is 2.61 bits per heavy atom. The van der Waals surface area contributed by atoms with Crippen LogP contribution in [0.25, 0.3) is 0 Å². The van der Waals surface area contributed by atoms with E-state index in [0.29, 0.717) is 36.0 Å². The zero-order chi connectivity index (χ0) is 19.9. The lowest BCUT2D eigenvalue weighted by Gasteiger charge is -2.23. The van der Waals surface area contributed by atoms with Crippen molar-refractivity contribution in [2.75, 3.05) is 38.8 Å². The van der Waals surface area contributed by atoms with Crippen LogP contribution in [0, 0.1) is 0 Å². The number of benzene rings is 2. The summed E-state index contributed by atoms with van der Waals surface area (Å²) in [5.41, 5.74) is 1.08.